The molecule has 3 N–H and O–H groups in total. The number of ether oxygens (including phenoxy) is 4. The molecule has 100 heavy (non-hydrogen) atoms. The summed E-state index contributed by atoms with van der Waals surface area (Å²) in [5, 5.41) is 10.6. The van der Waals surface area contributed by atoms with E-state index >= 15 is 0 Å². The lowest BCUT2D eigenvalue weighted by Gasteiger charge is -2.21. The molecule has 17 nitrogen and oxygen atoms in total. The summed E-state index contributed by atoms with van der Waals surface area (Å²) in [5.41, 5.74) is 0. The third kappa shape index (κ3) is 72.6. The Hall–Kier alpha value is -3.76. The Bertz CT molecular complexity index is 2230. The van der Waals surface area contributed by atoms with E-state index in [9.17, 15) is 43.2 Å². The van der Waals surface area contributed by atoms with E-state index in [0.717, 1.165) is 128 Å². The molecule has 0 aliphatic carbocycles. The summed E-state index contributed by atoms with van der Waals surface area (Å²) in [6.45, 7) is 4.71. The molecule has 0 aromatic carbocycles. The fraction of sp³-hybridized carbons (Fsp3) is 0.778. The summed E-state index contributed by atoms with van der Waals surface area (Å²) in [4.78, 5) is 72.9. The molecule has 0 aromatic rings. The average molecular weight is 1450 g/mol. The van der Waals surface area contributed by atoms with Gasteiger partial charge in [0, 0.05) is 25.7 Å². The Balaban J connectivity index is 5.37. The lowest BCUT2D eigenvalue weighted by molar-refractivity contribution is -0.161. The van der Waals surface area contributed by atoms with Crippen LogP contribution in [0, 0.1) is 0 Å². The van der Waals surface area contributed by atoms with Crippen LogP contribution in [0.1, 0.15) is 349 Å². The van der Waals surface area contributed by atoms with Gasteiger partial charge in [0.05, 0.1) is 26.4 Å². The van der Waals surface area contributed by atoms with Gasteiger partial charge in [0.15, 0.2) is 12.2 Å². The van der Waals surface area contributed by atoms with E-state index in [1.807, 2.05) is 18.2 Å². The van der Waals surface area contributed by atoms with Crippen LogP contribution in [0.2, 0.25) is 0 Å². The molecule has 0 fully saturated rings. The first kappa shape index (κ1) is 96.2. The number of hydrogen-bond acceptors (Lipinski definition) is 15. The maximum atomic E-state index is 13.1. The van der Waals surface area contributed by atoms with Crippen molar-refractivity contribution in [3.05, 3.63) is 85.1 Å². The molecule has 0 bridgehead atoms. The lowest BCUT2D eigenvalue weighted by atomic mass is 10.0. The number of hydrogen-bond donors (Lipinski definition) is 3. The standard InChI is InChI=1S/C81H144O17P2/c1-5-9-13-17-21-25-29-33-35-36-37-38-40-43-46-50-54-58-62-66-79(84)92-72-76(97-80(85)67-63-59-55-51-47-42-32-28-24-20-16-12-8-4)73-95-99(87,88)93-69-75(82)70-94-100(89,90)96-74-77(71-91-78(83)65-61-57-53-49-45-41-31-27-23-19-15-11-7-3)98-81(86)68-64-60-56-52-48-44-39-34-30-26-22-18-14-10-6-2/h9,13,21,25-26,30,33,35,37-38,43,46,54,58,75-77,82H,5-8,10-12,14-20,22-24,27-29,31-32,34,36,39-42,44-45,47-53,55-57,59-74H2,1-4H3,(H,87,88)(H,89,90)/b13-9-,25-21-,30-26-,35-33-,38-37-,46-43-,58-54-/t75-,76-,77-/m1/s1. The highest BCUT2D eigenvalue weighted by Gasteiger charge is 2.30. The van der Waals surface area contributed by atoms with Crippen LogP contribution >= 0.6 is 15.6 Å². The molecule has 0 spiro atoms. The van der Waals surface area contributed by atoms with Crippen molar-refractivity contribution in [2.75, 3.05) is 39.6 Å². The third-order valence-electron chi connectivity index (χ3n) is 16.9. The molecule has 0 radical (unpaired) electrons. The summed E-state index contributed by atoms with van der Waals surface area (Å²) in [5.74, 6) is -2.25. The zero-order valence-electron chi connectivity index (χ0n) is 63.4. The first-order chi connectivity index (χ1) is 48.7. The molecule has 0 saturated heterocycles. The van der Waals surface area contributed by atoms with Crippen molar-refractivity contribution in [1.29, 1.82) is 0 Å². The molecule has 0 rings (SSSR count). The highest BCUT2D eigenvalue weighted by Crippen LogP contribution is 2.45. The van der Waals surface area contributed by atoms with Gasteiger partial charge in [-0.05, 0) is 89.9 Å². The van der Waals surface area contributed by atoms with Gasteiger partial charge in [0.25, 0.3) is 0 Å². The molecule has 0 saturated carbocycles. The molecule has 580 valence electrons. The summed E-state index contributed by atoms with van der Waals surface area (Å²) in [6.07, 6.45) is 75.7. The number of rotatable bonds is 75. The van der Waals surface area contributed by atoms with Gasteiger partial charge < -0.3 is 33.8 Å². The van der Waals surface area contributed by atoms with E-state index in [2.05, 4.69) is 94.5 Å². The van der Waals surface area contributed by atoms with Crippen molar-refractivity contribution in [3.63, 3.8) is 0 Å². The second-order valence-corrected chi connectivity index (χ2v) is 29.5. The number of phosphoric ester groups is 2. The van der Waals surface area contributed by atoms with Crippen molar-refractivity contribution >= 4 is 39.5 Å². The van der Waals surface area contributed by atoms with E-state index in [4.69, 9.17) is 37.0 Å². The molecule has 0 aromatic heterocycles. The number of aliphatic hydroxyl groups is 1. The van der Waals surface area contributed by atoms with Crippen molar-refractivity contribution in [2.45, 2.75) is 367 Å². The van der Waals surface area contributed by atoms with Gasteiger partial charge in [-0.2, -0.15) is 0 Å². The van der Waals surface area contributed by atoms with Gasteiger partial charge in [-0.1, -0.05) is 318 Å². The first-order valence-corrected chi connectivity index (χ1v) is 42.8. The Morgan fingerprint density at radius 1 is 0.290 bits per heavy atom. The Morgan fingerprint density at radius 2 is 0.540 bits per heavy atom. The monoisotopic (exact) mass is 1450 g/mol. The highest BCUT2D eigenvalue weighted by molar-refractivity contribution is 7.47. The minimum Gasteiger partial charge on any atom is -0.462 e. The second-order valence-electron chi connectivity index (χ2n) is 26.6. The Kier molecular flexibility index (Phi) is 70.8. The molecule has 0 amide bonds. The van der Waals surface area contributed by atoms with Gasteiger partial charge in [-0.3, -0.25) is 37.3 Å². The summed E-state index contributed by atoms with van der Waals surface area (Å²) in [6, 6.07) is 0. The largest absolute Gasteiger partial charge is 0.472 e. The van der Waals surface area contributed by atoms with Crippen LogP contribution in [0.5, 0.6) is 0 Å². The van der Waals surface area contributed by atoms with Crippen molar-refractivity contribution in [3.8, 4) is 0 Å². The quantitative estimate of drug-likeness (QED) is 0.0169. The topological polar surface area (TPSA) is 237 Å². The summed E-state index contributed by atoms with van der Waals surface area (Å²) < 4.78 is 68.5. The van der Waals surface area contributed by atoms with Crippen molar-refractivity contribution < 1.29 is 80.2 Å². The van der Waals surface area contributed by atoms with E-state index in [-0.39, 0.29) is 25.7 Å². The number of aliphatic hydroxyl groups excluding tert-OH is 1. The Labute approximate surface area is 608 Å². The van der Waals surface area contributed by atoms with Crippen molar-refractivity contribution in [2.24, 2.45) is 0 Å². The molecule has 0 heterocycles. The lowest BCUT2D eigenvalue weighted by Crippen LogP contribution is -2.30. The van der Waals surface area contributed by atoms with Crippen LogP contribution in [0.25, 0.3) is 0 Å². The van der Waals surface area contributed by atoms with E-state index in [1.165, 1.54) is 135 Å². The second kappa shape index (κ2) is 73.5. The Morgan fingerprint density at radius 3 is 0.870 bits per heavy atom. The molecular formula is C81H144O17P2. The minimum absolute atomic E-state index is 0.0392. The molecule has 2 unspecified atom stereocenters. The maximum Gasteiger partial charge on any atom is 0.472 e. The minimum atomic E-state index is -4.99. The van der Waals surface area contributed by atoms with Gasteiger partial charge >= 0.3 is 39.5 Å². The van der Waals surface area contributed by atoms with Gasteiger partial charge in [-0.25, -0.2) is 9.13 Å². The van der Waals surface area contributed by atoms with Crippen LogP contribution < -0.4 is 0 Å². The molecule has 5 atom stereocenters. The van der Waals surface area contributed by atoms with E-state index < -0.39 is 97.5 Å². The average Bonchev–Trinajstić information content (AvgIpc) is 0.924. The summed E-state index contributed by atoms with van der Waals surface area (Å²) >= 11 is 0. The van der Waals surface area contributed by atoms with Crippen LogP contribution in [-0.2, 0) is 65.4 Å². The van der Waals surface area contributed by atoms with E-state index in [1.54, 1.807) is 0 Å². The molecule has 0 aliphatic heterocycles. The number of esters is 4. The smallest absolute Gasteiger partial charge is 0.462 e. The van der Waals surface area contributed by atoms with Crippen LogP contribution in [-0.4, -0.2) is 96.7 Å². The van der Waals surface area contributed by atoms with Crippen molar-refractivity contribution in [1.82, 2.24) is 0 Å². The highest BCUT2D eigenvalue weighted by atomic mass is 31.2. The first-order valence-electron chi connectivity index (χ1n) is 39.8. The molecule has 19 heteroatoms. The zero-order chi connectivity index (χ0) is 73.2. The maximum absolute atomic E-state index is 13.1. The number of carbonyl (C=O) groups is 4. The number of carbonyl (C=O) groups excluding carboxylic acids is 4. The van der Waals surface area contributed by atoms with E-state index in [0.29, 0.717) is 32.1 Å². The van der Waals surface area contributed by atoms with Crippen LogP contribution in [0.4, 0.5) is 0 Å². The zero-order valence-corrected chi connectivity index (χ0v) is 65.2. The predicted octanol–water partition coefficient (Wildman–Crippen LogP) is 23.0. The number of phosphoric acid groups is 2. The predicted molar refractivity (Wildman–Crippen MR) is 409 cm³/mol. The fourth-order valence-corrected chi connectivity index (χ4v) is 12.4. The van der Waals surface area contributed by atoms with Gasteiger partial charge in [0.2, 0.25) is 0 Å². The fourth-order valence-electron chi connectivity index (χ4n) is 10.8. The van der Waals surface area contributed by atoms with Crippen LogP contribution in [0.3, 0.4) is 0 Å². The van der Waals surface area contributed by atoms with Gasteiger partial charge in [-0.15, -0.1) is 0 Å². The van der Waals surface area contributed by atoms with Gasteiger partial charge in [0.1, 0.15) is 19.3 Å². The molecular weight excluding hydrogens is 1310 g/mol. The summed E-state index contributed by atoms with van der Waals surface area (Å²) in [7, 11) is -9.96. The van der Waals surface area contributed by atoms with Crippen LogP contribution in [0.15, 0.2) is 85.1 Å². The number of allylic oxidation sites excluding steroid dienone is 14. The normalized spacial score (nSPS) is 14.3. The number of unbranched alkanes of at least 4 members (excludes halogenated alkanes) is 35. The SMILES string of the molecule is CC/C=C\C/C=C\C/C=C\C/C=C\C/C=C\C/C=C\CCC(=O)OC[C@H](COP(=O)(O)OC[C@@H](O)COP(=O)(O)OC[C@@H](COC(=O)CCCCCCCCCCCCCCC)OC(=O)CCCCCCCCC/C=C\CCCCCC)OC(=O)CCCCCCCCCCCCCCC. The molecule has 0 aliphatic rings. The third-order valence-corrected chi connectivity index (χ3v) is 18.8.